The van der Waals surface area contributed by atoms with Gasteiger partial charge in [-0.2, -0.15) is 13.2 Å². The quantitative estimate of drug-likeness (QED) is 0.894. The molecule has 0 aliphatic rings. The number of hydrogen-bond acceptors (Lipinski definition) is 2. The zero-order valence-electron chi connectivity index (χ0n) is 11.0. The maximum atomic E-state index is 12.0. The molecule has 20 heavy (non-hydrogen) atoms. The number of carbonyl (C=O) groups is 2. The van der Waals surface area contributed by atoms with E-state index in [2.05, 4.69) is 5.32 Å². The zero-order chi connectivity index (χ0) is 15.3. The van der Waals surface area contributed by atoms with Crippen LogP contribution in [0.5, 0.6) is 0 Å². The van der Waals surface area contributed by atoms with E-state index in [4.69, 9.17) is 0 Å². The van der Waals surface area contributed by atoms with Crippen LogP contribution >= 0.6 is 0 Å². The summed E-state index contributed by atoms with van der Waals surface area (Å²) in [7, 11) is 0. The van der Waals surface area contributed by atoms with E-state index in [0.717, 1.165) is 5.56 Å². The number of rotatable bonds is 4. The average Bonchev–Trinajstić information content (AvgIpc) is 2.36. The number of carbonyl (C=O) groups excluding carboxylic acids is 2. The number of alkyl halides is 3. The van der Waals surface area contributed by atoms with Gasteiger partial charge in [0.1, 0.15) is 0 Å². The van der Waals surface area contributed by atoms with E-state index in [0.29, 0.717) is 0 Å². The molecular formula is C13H15F3N2O2. The molecule has 1 rings (SSSR count). The second-order valence-electron chi connectivity index (χ2n) is 4.52. The summed E-state index contributed by atoms with van der Waals surface area (Å²) in [4.78, 5) is 22.1. The van der Waals surface area contributed by atoms with Gasteiger partial charge < -0.3 is 10.6 Å². The Kier molecular flexibility index (Phi) is 5.12. The molecule has 0 saturated carbocycles. The highest BCUT2D eigenvalue weighted by molar-refractivity contribution is 5.94. The summed E-state index contributed by atoms with van der Waals surface area (Å²) in [6.07, 6.45) is -4.91. The van der Waals surface area contributed by atoms with E-state index in [1.54, 1.807) is 19.2 Å². The minimum Gasteiger partial charge on any atom is -0.352 e. The van der Waals surface area contributed by atoms with Gasteiger partial charge in [-0.05, 0) is 17.7 Å². The van der Waals surface area contributed by atoms with Crippen molar-refractivity contribution in [2.75, 3.05) is 5.32 Å². The van der Waals surface area contributed by atoms with E-state index < -0.39 is 12.1 Å². The average molecular weight is 288 g/mol. The highest BCUT2D eigenvalue weighted by atomic mass is 19.4. The molecule has 110 valence electrons. The molecule has 2 amide bonds. The Bertz CT molecular complexity index is 481. The Labute approximate surface area is 114 Å². The minimum absolute atomic E-state index is 0.0475. The molecule has 0 aliphatic carbocycles. The lowest BCUT2D eigenvalue weighted by atomic mass is 10.1. The fourth-order valence-corrected chi connectivity index (χ4v) is 1.30. The van der Waals surface area contributed by atoms with Crippen LogP contribution in [0, 0.1) is 5.92 Å². The summed E-state index contributed by atoms with van der Waals surface area (Å²) in [5.41, 5.74) is 0.773. The van der Waals surface area contributed by atoms with Gasteiger partial charge in [0.2, 0.25) is 5.91 Å². The Hall–Kier alpha value is -2.05. The van der Waals surface area contributed by atoms with Gasteiger partial charge in [-0.15, -0.1) is 0 Å². The molecule has 0 saturated heterocycles. The number of benzene rings is 1. The molecule has 0 bridgehead atoms. The van der Waals surface area contributed by atoms with Crippen LogP contribution in [0.3, 0.4) is 0 Å². The van der Waals surface area contributed by atoms with Crippen molar-refractivity contribution in [3.8, 4) is 0 Å². The topological polar surface area (TPSA) is 58.2 Å². The van der Waals surface area contributed by atoms with Crippen molar-refractivity contribution < 1.29 is 22.8 Å². The normalized spacial score (nSPS) is 11.3. The van der Waals surface area contributed by atoms with Crippen LogP contribution in [0.15, 0.2) is 24.3 Å². The molecule has 2 N–H and O–H groups in total. The lowest BCUT2D eigenvalue weighted by Crippen LogP contribution is -2.30. The SMILES string of the molecule is CC(C)C(=O)NCc1ccc(NC(=O)C(F)(F)F)cc1. The van der Waals surface area contributed by atoms with Gasteiger partial charge in [-0.25, -0.2) is 0 Å². The van der Waals surface area contributed by atoms with Gasteiger partial charge in [0.25, 0.3) is 0 Å². The van der Waals surface area contributed by atoms with Crippen molar-refractivity contribution in [1.82, 2.24) is 5.32 Å². The van der Waals surface area contributed by atoms with Crippen LogP contribution < -0.4 is 10.6 Å². The van der Waals surface area contributed by atoms with E-state index >= 15 is 0 Å². The monoisotopic (exact) mass is 288 g/mol. The number of hydrogen-bond donors (Lipinski definition) is 2. The molecular weight excluding hydrogens is 273 g/mol. The number of anilines is 1. The molecule has 7 heteroatoms. The third-order valence-corrected chi connectivity index (χ3v) is 2.46. The smallest absolute Gasteiger partial charge is 0.352 e. The van der Waals surface area contributed by atoms with Gasteiger partial charge in [-0.3, -0.25) is 9.59 Å². The molecule has 0 fully saturated rings. The Morgan fingerprint density at radius 1 is 1.15 bits per heavy atom. The third-order valence-electron chi connectivity index (χ3n) is 2.46. The Balaban J connectivity index is 2.57. The second-order valence-corrected chi connectivity index (χ2v) is 4.52. The summed E-state index contributed by atoms with van der Waals surface area (Å²) in [6.45, 7) is 3.79. The highest BCUT2D eigenvalue weighted by Crippen LogP contribution is 2.18. The summed E-state index contributed by atoms with van der Waals surface area (Å²) in [5.74, 6) is -2.27. The van der Waals surface area contributed by atoms with Crippen LogP contribution in [0.25, 0.3) is 0 Å². The molecule has 1 aromatic rings. The van der Waals surface area contributed by atoms with Crippen molar-refractivity contribution in [1.29, 1.82) is 0 Å². The zero-order valence-corrected chi connectivity index (χ0v) is 11.0. The maximum Gasteiger partial charge on any atom is 0.471 e. The van der Waals surface area contributed by atoms with Crippen LogP contribution in [0.2, 0.25) is 0 Å². The first-order chi connectivity index (χ1) is 9.20. The third kappa shape index (κ3) is 4.91. The molecule has 0 radical (unpaired) electrons. The fourth-order valence-electron chi connectivity index (χ4n) is 1.30. The van der Waals surface area contributed by atoms with Crippen molar-refractivity contribution in [2.24, 2.45) is 5.92 Å². The molecule has 4 nitrogen and oxygen atoms in total. The van der Waals surface area contributed by atoms with E-state index in [1.807, 2.05) is 0 Å². The second kappa shape index (κ2) is 6.40. The van der Waals surface area contributed by atoms with Gasteiger partial charge in [0, 0.05) is 18.2 Å². The first-order valence-electron chi connectivity index (χ1n) is 5.95. The van der Waals surface area contributed by atoms with Crippen molar-refractivity contribution in [2.45, 2.75) is 26.6 Å². The van der Waals surface area contributed by atoms with Crippen LogP contribution in [0.1, 0.15) is 19.4 Å². The number of nitrogens with one attached hydrogen (secondary N) is 2. The molecule has 0 atom stereocenters. The summed E-state index contributed by atoms with van der Waals surface area (Å²) in [5, 5.41) is 4.42. The number of halogens is 3. The van der Waals surface area contributed by atoms with Crippen molar-refractivity contribution in [3.63, 3.8) is 0 Å². The maximum absolute atomic E-state index is 12.0. The molecule has 0 heterocycles. The highest BCUT2D eigenvalue weighted by Gasteiger charge is 2.38. The Morgan fingerprint density at radius 3 is 2.15 bits per heavy atom. The van der Waals surface area contributed by atoms with Crippen molar-refractivity contribution >= 4 is 17.5 Å². The molecule has 1 aromatic carbocycles. The lowest BCUT2D eigenvalue weighted by Gasteiger charge is -2.10. The van der Waals surface area contributed by atoms with E-state index in [1.165, 1.54) is 24.3 Å². The Morgan fingerprint density at radius 2 is 1.70 bits per heavy atom. The minimum atomic E-state index is -4.91. The van der Waals surface area contributed by atoms with Crippen molar-refractivity contribution in [3.05, 3.63) is 29.8 Å². The lowest BCUT2D eigenvalue weighted by molar-refractivity contribution is -0.167. The van der Waals surface area contributed by atoms with Gasteiger partial charge >= 0.3 is 12.1 Å². The number of amides is 2. The van der Waals surface area contributed by atoms with Crippen LogP contribution in [-0.4, -0.2) is 18.0 Å². The fraction of sp³-hybridized carbons (Fsp3) is 0.385. The first kappa shape index (κ1) is 16.0. The van der Waals surface area contributed by atoms with Gasteiger partial charge in [-0.1, -0.05) is 26.0 Å². The molecule has 0 spiro atoms. The standard InChI is InChI=1S/C13H15F3N2O2/c1-8(2)11(19)17-7-9-3-5-10(6-4-9)18-12(20)13(14,15)16/h3-6,8H,7H2,1-2H3,(H,17,19)(H,18,20). The van der Waals surface area contributed by atoms with Gasteiger partial charge in [0.15, 0.2) is 0 Å². The largest absolute Gasteiger partial charge is 0.471 e. The van der Waals surface area contributed by atoms with Crippen LogP contribution in [0.4, 0.5) is 18.9 Å². The van der Waals surface area contributed by atoms with E-state index in [9.17, 15) is 22.8 Å². The molecule has 0 unspecified atom stereocenters. The van der Waals surface area contributed by atoms with E-state index in [-0.39, 0.29) is 24.1 Å². The summed E-state index contributed by atoms with van der Waals surface area (Å²) in [6, 6.07) is 5.76. The first-order valence-corrected chi connectivity index (χ1v) is 5.95. The predicted octanol–water partition coefficient (Wildman–Crippen LogP) is 2.46. The summed E-state index contributed by atoms with van der Waals surface area (Å²) < 4.78 is 36.1. The molecule has 0 aliphatic heterocycles. The molecule has 0 aromatic heterocycles. The van der Waals surface area contributed by atoms with Gasteiger partial charge in [0.05, 0.1) is 0 Å². The van der Waals surface area contributed by atoms with Crippen LogP contribution in [-0.2, 0) is 16.1 Å². The summed E-state index contributed by atoms with van der Waals surface area (Å²) >= 11 is 0. The predicted molar refractivity (Wildman–Crippen MR) is 67.8 cm³/mol.